The first-order valence-corrected chi connectivity index (χ1v) is 9.85. The Morgan fingerprint density at radius 1 is 1.20 bits per heavy atom. The van der Waals surface area contributed by atoms with Gasteiger partial charge < -0.3 is 19.7 Å². The Kier molecular flexibility index (Phi) is 14.9. The molecule has 0 amide bonds. The van der Waals surface area contributed by atoms with Crippen LogP contribution in [0.25, 0.3) is 0 Å². The van der Waals surface area contributed by atoms with Gasteiger partial charge in [0.15, 0.2) is 5.96 Å². The Balaban J connectivity index is 0.00000576. The Morgan fingerprint density at radius 3 is 2.48 bits per heavy atom. The second-order valence-corrected chi connectivity index (χ2v) is 6.37. The number of rotatable bonds is 11. The maximum atomic E-state index is 5.78. The van der Waals surface area contributed by atoms with E-state index in [1.807, 2.05) is 43.1 Å². The molecule has 1 rings (SSSR count). The summed E-state index contributed by atoms with van der Waals surface area (Å²) in [6.07, 6.45) is 4.49. The van der Waals surface area contributed by atoms with Gasteiger partial charge in [-0.15, -0.1) is 24.0 Å². The minimum absolute atomic E-state index is 0. The van der Waals surface area contributed by atoms with Crippen LogP contribution >= 0.6 is 35.7 Å². The molecule has 1 aromatic rings. The average Bonchev–Trinajstić information content (AvgIpc) is 2.61. The fraction of sp³-hybridized carbons (Fsp3) is 0.611. The van der Waals surface area contributed by atoms with Crippen LogP contribution in [0.5, 0.6) is 11.5 Å². The lowest BCUT2D eigenvalue weighted by Gasteiger charge is -2.22. The van der Waals surface area contributed by atoms with Gasteiger partial charge in [0.1, 0.15) is 18.1 Å². The average molecular weight is 481 g/mol. The topological polar surface area (TPSA) is 46.1 Å². The lowest BCUT2D eigenvalue weighted by Crippen LogP contribution is -2.41. The van der Waals surface area contributed by atoms with Gasteiger partial charge in [0.2, 0.25) is 0 Å². The van der Waals surface area contributed by atoms with Crippen LogP contribution in [0.1, 0.15) is 19.8 Å². The van der Waals surface area contributed by atoms with Crippen LogP contribution in [0.4, 0.5) is 0 Å². The first kappa shape index (κ1) is 24.2. The number of nitrogens with one attached hydrogen (secondary N) is 1. The molecule has 0 atom stereocenters. The number of guanidine groups is 1. The van der Waals surface area contributed by atoms with Crippen LogP contribution in [0.3, 0.4) is 0 Å². The number of hydrogen-bond acceptors (Lipinski definition) is 4. The summed E-state index contributed by atoms with van der Waals surface area (Å²) >= 11 is 1.89. The van der Waals surface area contributed by atoms with Crippen molar-refractivity contribution in [3.05, 3.63) is 24.3 Å². The predicted molar refractivity (Wildman–Crippen MR) is 120 cm³/mol. The minimum Gasteiger partial charge on any atom is -0.497 e. The smallest absolute Gasteiger partial charge is 0.193 e. The van der Waals surface area contributed by atoms with Crippen LogP contribution < -0.4 is 14.8 Å². The van der Waals surface area contributed by atoms with Crippen LogP contribution in [-0.2, 0) is 0 Å². The lowest BCUT2D eigenvalue weighted by atomic mass is 10.3. The molecule has 0 bridgehead atoms. The summed E-state index contributed by atoms with van der Waals surface area (Å²) in [7, 11) is 3.70. The van der Waals surface area contributed by atoms with Gasteiger partial charge in [-0.3, -0.25) is 4.99 Å². The molecule has 144 valence electrons. The zero-order valence-electron chi connectivity index (χ0n) is 15.8. The van der Waals surface area contributed by atoms with E-state index in [1.54, 1.807) is 7.11 Å². The predicted octanol–water partition coefficient (Wildman–Crippen LogP) is 3.73. The van der Waals surface area contributed by atoms with E-state index in [4.69, 9.17) is 9.47 Å². The number of halogens is 1. The Hall–Kier alpha value is -0.830. The van der Waals surface area contributed by atoms with E-state index in [1.165, 1.54) is 12.2 Å². The van der Waals surface area contributed by atoms with E-state index in [0.717, 1.165) is 43.5 Å². The van der Waals surface area contributed by atoms with Crippen molar-refractivity contribution in [3.63, 3.8) is 0 Å². The van der Waals surface area contributed by atoms with Crippen LogP contribution in [-0.4, -0.2) is 63.3 Å². The molecule has 0 unspecified atom stereocenters. The summed E-state index contributed by atoms with van der Waals surface area (Å²) in [5.74, 6) is 3.84. The fourth-order valence-electron chi connectivity index (χ4n) is 2.09. The summed E-state index contributed by atoms with van der Waals surface area (Å²) in [6, 6.07) is 7.64. The first-order valence-electron chi connectivity index (χ1n) is 8.46. The number of hydrogen-bond donors (Lipinski definition) is 1. The summed E-state index contributed by atoms with van der Waals surface area (Å²) in [5.41, 5.74) is 0. The van der Waals surface area contributed by atoms with Crippen molar-refractivity contribution >= 4 is 41.7 Å². The third-order valence-corrected chi connectivity index (χ3v) is 4.17. The quantitative estimate of drug-likeness (QED) is 0.226. The largest absolute Gasteiger partial charge is 0.497 e. The highest BCUT2D eigenvalue weighted by molar-refractivity contribution is 14.0. The maximum absolute atomic E-state index is 5.78. The van der Waals surface area contributed by atoms with Gasteiger partial charge >= 0.3 is 0 Å². The highest BCUT2D eigenvalue weighted by atomic mass is 127. The molecule has 0 fully saturated rings. The minimum atomic E-state index is 0. The zero-order chi connectivity index (χ0) is 17.6. The van der Waals surface area contributed by atoms with Gasteiger partial charge in [-0.2, -0.15) is 11.8 Å². The van der Waals surface area contributed by atoms with Crippen LogP contribution in [0.2, 0.25) is 0 Å². The number of aliphatic imine (C=N–C) groups is 1. The van der Waals surface area contributed by atoms with Crippen molar-refractivity contribution in [1.29, 1.82) is 0 Å². The molecule has 0 saturated heterocycles. The Bertz CT molecular complexity index is 472. The van der Waals surface area contributed by atoms with E-state index in [0.29, 0.717) is 6.61 Å². The van der Waals surface area contributed by atoms with E-state index in [2.05, 4.69) is 28.4 Å². The summed E-state index contributed by atoms with van der Waals surface area (Å²) < 4.78 is 10.9. The molecular weight excluding hydrogens is 449 g/mol. The number of ether oxygens (including phenoxy) is 2. The number of benzene rings is 1. The molecule has 0 aliphatic carbocycles. The van der Waals surface area contributed by atoms with Crippen molar-refractivity contribution in [2.75, 3.05) is 52.4 Å². The number of thioether (sulfide) groups is 1. The highest BCUT2D eigenvalue weighted by Crippen LogP contribution is 2.16. The molecule has 7 heteroatoms. The Labute approximate surface area is 174 Å². The summed E-state index contributed by atoms with van der Waals surface area (Å²) in [5, 5.41) is 3.34. The third kappa shape index (κ3) is 10.7. The molecule has 0 aliphatic rings. The summed E-state index contributed by atoms with van der Waals surface area (Å²) in [4.78, 5) is 6.80. The van der Waals surface area contributed by atoms with E-state index in [9.17, 15) is 0 Å². The van der Waals surface area contributed by atoms with Crippen LogP contribution in [0, 0.1) is 0 Å². The molecule has 0 aliphatic heterocycles. The zero-order valence-corrected chi connectivity index (χ0v) is 18.9. The normalized spacial score (nSPS) is 10.8. The van der Waals surface area contributed by atoms with Gasteiger partial charge in [-0.1, -0.05) is 0 Å². The molecule has 5 nitrogen and oxygen atoms in total. The molecule has 0 heterocycles. The SMILES string of the molecule is CCNC(=NCCCCSC)N(C)CCOc1ccc(OC)cc1.I. The molecule has 1 N–H and O–H groups in total. The first-order chi connectivity index (χ1) is 11.7. The Morgan fingerprint density at radius 2 is 1.88 bits per heavy atom. The van der Waals surface area contributed by atoms with Gasteiger partial charge in [0.05, 0.1) is 13.7 Å². The van der Waals surface area contributed by atoms with Crippen molar-refractivity contribution in [2.24, 2.45) is 4.99 Å². The van der Waals surface area contributed by atoms with E-state index >= 15 is 0 Å². The number of unbranched alkanes of at least 4 members (excludes halogenated alkanes) is 1. The van der Waals surface area contributed by atoms with Crippen molar-refractivity contribution in [3.8, 4) is 11.5 Å². The highest BCUT2D eigenvalue weighted by Gasteiger charge is 2.05. The van der Waals surface area contributed by atoms with Gasteiger partial charge in [0, 0.05) is 20.1 Å². The number of likely N-dealkylation sites (N-methyl/N-ethyl adjacent to an activating group) is 1. The number of methoxy groups -OCH3 is 1. The van der Waals surface area contributed by atoms with Gasteiger partial charge in [-0.25, -0.2) is 0 Å². The van der Waals surface area contributed by atoms with E-state index in [-0.39, 0.29) is 24.0 Å². The molecular formula is C18H32IN3O2S. The van der Waals surface area contributed by atoms with Gasteiger partial charge in [0.25, 0.3) is 0 Å². The monoisotopic (exact) mass is 481 g/mol. The molecule has 1 aromatic carbocycles. The van der Waals surface area contributed by atoms with Crippen LogP contribution in [0.15, 0.2) is 29.3 Å². The molecule has 25 heavy (non-hydrogen) atoms. The second kappa shape index (κ2) is 15.4. The van der Waals surface area contributed by atoms with Crippen molar-refractivity contribution in [2.45, 2.75) is 19.8 Å². The lowest BCUT2D eigenvalue weighted by molar-refractivity contribution is 0.281. The van der Waals surface area contributed by atoms with E-state index < -0.39 is 0 Å². The van der Waals surface area contributed by atoms with Crippen molar-refractivity contribution < 1.29 is 9.47 Å². The van der Waals surface area contributed by atoms with Gasteiger partial charge in [-0.05, 0) is 56.0 Å². The van der Waals surface area contributed by atoms with Crippen molar-refractivity contribution in [1.82, 2.24) is 10.2 Å². The molecule has 0 aromatic heterocycles. The fourth-order valence-corrected chi connectivity index (χ4v) is 2.58. The molecule has 0 radical (unpaired) electrons. The maximum Gasteiger partial charge on any atom is 0.193 e. The summed E-state index contributed by atoms with van der Waals surface area (Å²) in [6.45, 7) is 5.22. The molecule has 0 spiro atoms. The third-order valence-electron chi connectivity index (χ3n) is 3.47. The standard InChI is InChI=1S/C18H31N3O2S.HI/c1-5-19-18(20-12-6-7-15-24-4)21(2)13-14-23-17-10-8-16(22-3)9-11-17;/h8-11H,5-7,12-15H2,1-4H3,(H,19,20);1H. The molecule has 0 saturated carbocycles. The number of nitrogens with zero attached hydrogens (tertiary/aromatic N) is 2. The second-order valence-electron chi connectivity index (χ2n) is 5.38.